The predicted octanol–water partition coefficient (Wildman–Crippen LogP) is 4.42. The molecule has 0 radical (unpaired) electrons. The maximum atomic E-state index is 11.5. The highest BCUT2D eigenvalue weighted by Gasteiger charge is 2.12. The molecule has 4 aromatic rings. The molecule has 164 valence electrons. The van der Waals surface area contributed by atoms with Gasteiger partial charge in [-0.25, -0.2) is 0 Å². The number of phenolic OH excluding ortho intramolecular Hbond substituents is 2. The molecule has 2 amide bonds. The number of rotatable bonds is 6. The Morgan fingerprint density at radius 3 is 1.42 bits per heavy atom. The number of ether oxygens (including phenoxy) is 1. The van der Waals surface area contributed by atoms with Gasteiger partial charge in [0.2, 0.25) is 11.8 Å². The second-order valence-electron chi connectivity index (χ2n) is 7.35. The first-order valence-electron chi connectivity index (χ1n) is 9.96. The summed E-state index contributed by atoms with van der Waals surface area (Å²) in [6, 6.07) is 22.6. The molecule has 0 fully saturated rings. The highest BCUT2D eigenvalue weighted by molar-refractivity contribution is 5.95. The summed E-state index contributed by atoms with van der Waals surface area (Å²) in [6.45, 7) is 0. The Kier molecular flexibility index (Phi) is 5.69. The van der Waals surface area contributed by atoms with Crippen LogP contribution in [-0.4, -0.2) is 22.0 Å². The quantitative estimate of drug-likeness (QED) is 0.352. The van der Waals surface area contributed by atoms with Gasteiger partial charge in [0.05, 0.1) is 0 Å². The Labute approximate surface area is 189 Å². The van der Waals surface area contributed by atoms with Crippen molar-refractivity contribution in [3.8, 4) is 45.3 Å². The molecule has 4 rings (SSSR count). The zero-order chi connectivity index (χ0) is 23.5. The van der Waals surface area contributed by atoms with Crippen LogP contribution >= 0.6 is 0 Å². The number of carbonyl (C=O) groups excluding carboxylic acids is 2. The Morgan fingerprint density at radius 1 is 0.606 bits per heavy atom. The number of hydrogen-bond donors (Lipinski definition) is 4. The zero-order valence-electron chi connectivity index (χ0n) is 17.4. The number of nitrogens with two attached hydrogens (primary N) is 2. The lowest BCUT2D eigenvalue weighted by Gasteiger charge is -2.12. The van der Waals surface area contributed by atoms with E-state index in [1.54, 1.807) is 72.8 Å². The van der Waals surface area contributed by atoms with Crippen LogP contribution in [0, 0.1) is 0 Å². The molecule has 0 aliphatic heterocycles. The van der Waals surface area contributed by atoms with Gasteiger partial charge in [-0.3, -0.25) is 9.59 Å². The van der Waals surface area contributed by atoms with Crippen molar-refractivity contribution in [3.63, 3.8) is 0 Å². The third-order valence-corrected chi connectivity index (χ3v) is 5.09. The first-order chi connectivity index (χ1) is 15.8. The minimum atomic E-state index is -0.569. The minimum absolute atomic E-state index is 0.0126. The molecule has 4 aromatic carbocycles. The van der Waals surface area contributed by atoms with Gasteiger partial charge >= 0.3 is 0 Å². The third kappa shape index (κ3) is 4.62. The maximum absolute atomic E-state index is 11.5. The Bertz CT molecular complexity index is 1280. The van der Waals surface area contributed by atoms with Crippen molar-refractivity contribution in [2.45, 2.75) is 0 Å². The van der Waals surface area contributed by atoms with E-state index in [9.17, 15) is 19.8 Å². The number of aromatic hydroxyl groups is 2. The van der Waals surface area contributed by atoms with Gasteiger partial charge in [-0.05, 0) is 71.8 Å². The second-order valence-corrected chi connectivity index (χ2v) is 7.35. The fraction of sp³-hybridized carbons (Fsp3) is 0. The number of carbonyl (C=O) groups is 2. The van der Waals surface area contributed by atoms with Crippen LogP contribution in [0.4, 0.5) is 0 Å². The Hall–Kier alpha value is -4.78. The summed E-state index contributed by atoms with van der Waals surface area (Å²) in [5.41, 5.74) is 13.5. The fourth-order valence-electron chi connectivity index (χ4n) is 3.44. The summed E-state index contributed by atoms with van der Waals surface area (Å²) in [4.78, 5) is 23.0. The molecular weight excluding hydrogens is 420 g/mol. The number of benzene rings is 4. The maximum Gasteiger partial charge on any atom is 0.248 e. The topological polar surface area (TPSA) is 136 Å². The van der Waals surface area contributed by atoms with Gasteiger partial charge in [-0.15, -0.1) is 0 Å². The molecule has 0 aliphatic rings. The van der Waals surface area contributed by atoms with Crippen LogP contribution < -0.4 is 16.2 Å². The molecule has 7 nitrogen and oxygen atoms in total. The third-order valence-electron chi connectivity index (χ3n) is 5.09. The molecule has 6 N–H and O–H groups in total. The molecule has 0 heterocycles. The summed E-state index contributed by atoms with van der Waals surface area (Å²) in [7, 11) is 0. The summed E-state index contributed by atoms with van der Waals surface area (Å²) in [5.74, 6) is -0.261. The van der Waals surface area contributed by atoms with E-state index in [4.69, 9.17) is 16.2 Å². The molecule has 7 heteroatoms. The lowest BCUT2D eigenvalue weighted by molar-refractivity contribution is 0.0992. The predicted molar refractivity (Wildman–Crippen MR) is 124 cm³/mol. The van der Waals surface area contributed by atoms with E-state index in [-0.39, 0.29) is 11.5 Å². The average molecular weight is 440 g/mol. The first kappa shape index (κ1) is 21.5. The number of amides is 2. The molecule has 0 saturated heterocycles. The van der Waals surface area contributed by atoms with Gasteiger partial charge in [0.15, 0.2) is 0 Å². The molecule has 0 unspecified atom stereocenters. The van der Waals surface area contributed by atoms with Crippen LogP contribution in [-0.2, 0) is 0 Å². The molecule has 0 saturated carbocycles. The van der Waals surface area contributed by atoms with E-state index >= 15 is 0 Å². The minimum Gasteiger partial charge on any atom is -0.507 e. The van der Waals surface area contributed by atoms with Crippen LogP contribution in [0.5, 0.6) is 23.0 Å². The van der Waals surface area contributed by atoms with Crippen LogP contribution in [0.15, 0.2) is 84.9 Å². The second kappa shape index (κ2) is 8.76. The lowest BCUT2D eigenvalue weighted by Crippen LogP contribution is -2.10. The number of primary amides is 2. The molecule has 33 heavy (non-hydrogen) atoms. The molecule has 0 aromatic heterocycles. The smallest absolute Gasteiger partial charge is 0.248 e. The lowest BCUT2D eigenvalue weighted by atomic mass is 10.0. The summed E-state index contributed by atoms with van der Waals surface area (Å²) < 4.78 is 5.96. The SMILES string of the molecule is NC(=O)c1cccc(-c2cc(Oc3ccc(O)c(-c4cccc(C(N)=O)c4)c3)ccc2O)c1. The Morgan fingerprint density at radius 2 is 1.03 bits per heavy atom. The molecule has 0 aliphatic carbocycles. The molecule has 0 spiro atoms. The van der Waals surface area contributed by atoms with Gasteiger partial charge in [0.1, 0.15) is 23.0 Å². The van der Waals surface area contributed by atoms with E-state index in [2.05, 4.69) is 0 Å². The van der Waals surface area contributed by atoms with Gasteiger partial charge in [0.25, 0.3) is 0 Å². The van der Waals surface area contributed by atoms with E-state index in [0.717, 1.165) is 0 Å². The Balaban J connectivity index is 1.68. The summed E-state index contributed by atoms with van der Waals surface area (Å²) in [5, 5.41) is 20.7. The van der Waals surface area contributed by atoms with Crippen molar-refractivity contribution in [1.82, 2.24) is 0 Å². The van der Waals surface area contributed by atoms with Gasteiger partial charge in [-0.1, -0.05) is 24.3 Å². The zero-order valence-corrected chi connectivity index (χ0v) is 17.4. The summed E-state index contributed by atoms with van der Waals surface area (Å²) in [6.07, 6.45) is 0. The van der Waals surface area contributed by atoms with Gasteiger partial charge in [0, 0.05) is 22.3 Å². The van der Waals surface area contributed by atoms with Crippen molar-refractivity contribution in [2.24, 2.45) is 11.5 Å². The fourth-order valence-corrected chi connectivity index (χ4v) is 3.44. The number of hydrogen-bond acceptors (Lipinski definition) is 5. The van der Waals surface area contributed by atoms with Crippen LogP contribution in [0.1, 0.15) is 20.7 Å². The standard InChI is InChI=1S/C26H20N2O5/c27-25(31)17-5-1-3-15(11-17)21-13-19(7-9-23(21)29)33-20-8-10-24(30)22(14-20)16-4-2-6-18(12-16)26(28)32/h1-14,29-30H,(H2,27,31)(H2,28,32). The first-order valence-corrected chi connectivity index (χ1v) is 9.96. The normalized spacial score (nSPS) is 10.5. The van der Waals surface area contributed by atoms with Crippen molar-refractivity contribution in [2.75, 3.05) is 0 Å². The highest BCUT2D eigenvalue weighted by Crippen LogP contribution is 2.37. The number of phenols is 2. The molecule has 0 atom stereocenters. The van der Waals surface area contributed by atoms with E-state index in [0.29, 0.717) is 44.9 Å². The van der Waals surface area contributed by atoms with E-state index in [1.165, 1.54) is 12.1 Å². The van der Waals surface area contributed by atoms with Crippen molar-refractivity contribution >= 4 is 11.8 Å². The van der Waals surface area contributed by atoms with Crippen LogP contribution in [0.25, 0.3) is 22.3 Å². The monoisotopic (exact) mass is 440 g/mol. The highest BCUT2D eigenvalue weighted by atomic mass is 16.5. The largest absolute Gasteiger partial charge is 0.507 e. The van der Waals surface area contributed by atoms with Crippen LogP contribution in [0.2, 0.25) is 0 Å². The summed E-state index contributed by atoms with van der Waals surface area (Å²) >= 11 is 0. The molecular formula is C26H20N2O5. The van der Waals surface area contributed by atoms with E-state index < -0.39 is 11.8 Å². The van der Waals surface area contributed by atoms with Gasteiger partial charge < -0.3 is 26.4 Å². The van der Waals surface area contributed by atoms with Gasteiger partial charge in [-0.2, -0.15) is 0 Å². The van der Waals surface area contributed by atoms with E-state index in [1.807, 2.05) is 0 Å². The van der Waals surface area contributed by atoms with Crippen molar-refractivity contribution < 1.29 is 24.5 Å². The average Bonchev–Trinajstić information content (AvgIpc) is 2.81. The van der Waals surface area contributed by atoms with Crippen molar-refractivity contribution in [1.29, 1.82) is 0 Å². The van der Waals surface area contributed by atoms with Crippen LogP contribution in [0.3, 0.4) is 0 Å². The molecule has 0 bridgehead atoms. The van der Waals surface area contributed by atoms with Crippen molar-refractivity contribution in [3.05, 3.63) is 96.1 Å².